The van der Waals surface area contributed by atoms with Crippen molar-refractivity contribution in [2.75, 3.05) is 20.1 Å². The van der Waals surface area contributed by atoms with E-state index < -0.39 is 0 Å². The molecule has 0 aromatic rings. The van der Waals surface area contributed by atoms with Crippen LogP contribution in [-0.4, -0.2) is 43.0 Å². The molecule has 3 unspecified atom stereocenters. The molecule has 92 valence electrons. The highest BCUT2D eigenvalue weighted by Gasteiger charge is 2.31. The molecule has 0 radical (unpaired) electrons. The van der Waals surface area contributed by atoms with Crippen LogP contribution in [0.25, 0.3) is 0 Å². The highest BCUT2D eigenvalue weighted by atomic mass is 16.1. The number of amides is 1. The quantitative estimate of drug-likeness (QED) is 0.727. The number of nitrogens with zero attached hydrogens (tertiary/aromatic N) is 1. The number of likely N-dealkylation sites (tertiary alicyclic amines) is 1. The Balaban J connectivity index is 1.75. The smallest absolute Gasteiger partial charge is 0.224 e. The second kappa shape index (κ2) is 5.15. The van der Waals surface area contributed by atoms with Gasteiger partial charge >= 0.3 is 0 Å². The van der Waals surface area contributed by atoms with E-state index in [0.29, 0.717) is 6.04 Å². The number of hydrogen-bond acceptors (Lipinski definition) is 3. The lowest BCUT2D eigenvalue weighted by Crippen LogP contribution is -2.43. The Labute approximate surface area is 97.6 Å². The van der Waals surface area contributed by atoms with Crippen molar-refractivity contribution in [3.05, 3.63) is 0 Å². The molecule has 16 heavy (non-hydrogen) atoms. The molecule has 0 spiro atoms. The van der Waals surface area contributed by atoms with Gasteiger partial charge < -0.3 is 16.0 Å². The van der Waals surface area contributed by atoms with Gasteiger partial charge in [0.1, 0.15) is 0 Å². The number of carbonyl (C=O) groups excluding carboxylic acids is 1. The van der Waals surface area contributed by atoms with Gasteiger partial charge in [-0.05, 0) is 39.3 Å². The van der Waals surface area contributed by atoms with Gasteiger partial charge in [0.15, 0.2) is 0 Å². The third-order valence-electron chi connectivity index (χ3n) is 4.09. The zero-order valence-electron chi connectivity index (χ0n) is 10.1. The molecule has 0 aromatic carbocycles. The van der Waals surface area contributed by atoms with Gasteiger partial charge in [-0.15, -0.1) is 0 Å². The first-order valence-corrected chi connectivity index (χ1v) is 6.42. The number of hydrogen-bond donors (Lipinski definition) is 2. The van der Waals surface area contributed by atoms with Gasteiger partial charge in [-0.3, -0.25) is 4.79 Å². The number of likely N-dealkylation sites (N-methyl/N-ethyl adjacent to an activating group) is 1. The Bertz CT molecular complexity index is 257. The molecule has 1 aliphatic carbocycles. The molecule has 4 heteroatoms. The predicted octanol–water partition coefficient (Wildman–Crippen LogP) is 0.324. The first kappa shape index (κ1) is 11.9. The summed E-state index contributed by atoms with van der Waals surface area (Å²) >= 11 is 0. The van der Waals surface area contributed by atoms with Gasteiger partial charge in [0, 0.05) is 18.6 Å². The van der Waals surface area contributed by atoms with E-state index in [2.05, 4.69) is 17.3 Å². The normalized spacial score (nSPS) is 35.5. The monoisotopic (exact) mass is 225 g/mol. The van der Waals surface area contributed by atoms with E-state index >= 15 is 0 Å². The molecule has 1 heterocycles. The summed E-state index contributed by atoms with van der Waals surface area (Å²) in [5, 5.41) is 3.07. The van der Waals surface area contributed by atoms with Crippen LogP contribution in [0.4, 0.5) is 0 Å². The standard InChI is InChI=1S/C12H23N3O/c1-15-7-3-4-9(15)8-14-12(16)10-5-2-6-11(10)13/h9-11H,2-8,13H2,1H3,(H,14,16). The van der Waals surface area contributed by atoms with Gasteiger partial charge in [0.2, 0.25) is 5.91 Å². The van der Waals surface area contributed by atoms with Crippen LogP contribution in [0, 0.1) is 5.92 Å². The Morgan fingerprint density at radius 1 is 1.38 bits per heavy atom. The van der Waals surface area contributed by atoms with Crippen molar-refractivity contribution in [3.63, 3.8) is 0 Å². The second-order valence-electron chi connectivity index (χ2n) is 5.22. The maximum atomic E-state index is 11.9. The van der Waals surface area contributed by atoms with Gasteiger partial charge in [-0.1, -0.05) is 6.42 Å². The van der Waals surface area contributed by atoms with Crippen LogP contribution in [0.1, 0.15) is 32.1 Å². The van der Waals surface area contributed by atoms with Gasteiger partial charge in [-0.2, -0.15) is 0 Å². The van der Waals surface area contributed by atoms with E-state index in [1.807, 2.05) is 0 Å². The first-order chi connectivity index (χ1) is 7.68. The number of nitrogens with one attached hydrogen (secondary N) is 1. The number of carbonyl (C=O) groups is 1. The highest BCUT2D eigenvalue weighted by molar-refractivity contribution is 5.79. The summed E-state index contributed by atoms with van der Waals surface area (Å²) in [6, 6.07) is 0.614. The van der Waals surface area contributed by atoms with E-state index in [1.54, 1.807) is 0 Å². The molecule has 1 aliphatic heterocycles. The first-order valence-electron chi connectivity index (χ1n) is 6.42. The molecular formula is C12H23N3O. The Hall–Kier alpha value is -0.610. The van der Waals surface area contributed by atoms with Gasteiger partial charge in [-0.25, -0.2) is 0 Å². The van der Waals surface area contributed by atoms with Crippen LogP contribution in [0.3, 0.4) is 0 Å². The minimum absolute atomic E-state index is 0.0618. The van der Waals surface area contributed by atoms with Crippen LogP contribution in [-0.2, 0) is 4.79 Å². The molecular weight excluding hydrogens is 202 g/mol. The second-order valence-corrected chi connectivity index (χ2v) is 5.22. The topological polar surface area (TPSA) is 58.4 Å². The van der Waals surface area contributed by atoms with Gasteiger partial charge in [0.25, 0.3) is 0 Å². The molecule has 4 nitrogen and oxygen atoms in total. The summed E-state index contributed by atoms with van der Waals surface area (Å²) in [7, 11) is 2.13. The zero-order chi connectivity index (χ0) is 11.5. The van der Waals surface area contributed by atoms with E-state index in [9.17, 15) is 4.79 Å². The molecule has 1 saturated heterocycles. The fourth-order valence-corrected chi connectivity index (χ4v) is 2.90. The maximum absolute atomic E-state index is 11.9. The lowest BCUT2D eigenvalue weighted by Gasteiger charge is -2.21. The van der Waals surface area contributed by atoms with Crippen molar-refractivity contribution < 1.29 is 4.79 Å². The van der Waals surface area contributed by atoms with Crippen LogP contribution < -0.4 is 11.1 Å². The van der Waals surface area contributed by atoms with Crippen molar-refractivity contribution in [2.24, 2.45) is 11.7 Å². The van der Waals surface area contributed by atoms with Crippen molar-refractivity contribution >= 4 is 5.91 Å². The van der Waals surface area contributed by atoms with Crippen molar-refractivity contribution in [1.82, 2.24) is 10.2 Å². The SMILES string of the molecule is CN1CCCC1CNC(=O)C1CCCC1N. The number of nitrogens with two attached hydrogens (primary N) is 1. The lowest BCUT2D eigenvalue weighted by atomic mass is 10.0. The van der Waals surface area contributed by atoms with Crippen LogP contribution in [0.15, 0.2) is 0 Å². The summed E-state index contributed by atoms with van der Waals surface area (Å²) < 4.78 is 0. The average Bonchev–Trinajstić information content (AvgIpc) is 2.84. The average molecular weight is 225 g/mol. The van der Waals surface area contributed by atoms with Crippen LogP contribution in [0.5, 0.6) is 0 Å². The molecule has 3 atom stereocenters. The third-order valence-corrected chi connectivity index (χ3v) is 4.09. The van der Waals surface area contributed by atoms with E-state index in [0.717, 1.165) is 32.4 Å². The van der Waals surface area contributed by atoms with E-state index in [1.165, 1.54) is 12.8 Å². The van der Waals surface area contributed by atoms with E-state index in [4.69, 9.17) is 5.73 Å². The summed E-state index contributed by atoms with van der Waals surface area (Å²) in [5.41, 5.74) is 5.92. The Morgan fingerprint density at radius 2 is 2.19 bits per heavy atom. The summed E-state index contributed by atoms with van der Waals surface area (Å²) in [6.45, 7) is 1.95. The van der Waals surface area contributed by atoms with Crippen LogP contribution in [0.2, 0.25) is 0 Å². The summed E-state index contributed by atoms with van der Waals surface area (Å²) in [6.07, 6.45) is 5.52. The molecule has 2 fully saturated rings. The molecule has 2 rings (SSSR count). The summed E-state index contributed by atoms with van der Waals surface area (Å²) in [5.74, 6) is 0.233. The maximum Gasteiger partial charge on any atom is 0.224 e. The molecule has 1 saturated carbocycles. The van der Waals surface area contributed by atoms with E-state index in [-0.39, 0.29) is 17.9 Å². The zero-order valence-corrected chi connectivity index (χ0v) is 10.1. The lowest BCUT2D eigenvalue weighted by molar-refractivity contribution is -0.125. The van der Waals surface area contributed by atoms with Crippen molar-refractivity contribution in [2.45, 2.75) is 44.2 Å². The fourth-order valence-electron chi connectivity index (χ4n) is 2.90. The summed E-state index contributed by atoms with van der Waals surface area (Å²) in [4.78, 5) is 14.2. The molecule has 0 aromatic heterocycles. The molecule has 0 bridgehead atoms. The Kier molecular flexibility index (Phi) is 3.82. The molecule has 1 amide bonds. The predicted molar refractivity (Wildman–Crippen MR) is 64.0 cm³/mol. The van der Waals surface area contributed by atoms with Gasteiger partial charge in [0.05, 0.1) is 5.92 Å². The largest absolute Gasteiger partial charge is 0.354 e. The van der Waals surface area contributed by atoms with Crippen molar-refractivity contribution in [1.29, 1.82) is 0 Å². The minimum atomic E-state index is 0.0618. The molecule has 3 N–H and O–H groups in total. The Morgan fingerprint density at radius 3 is 2.75 bits per heavy atom. The third kappa shape index (κ3) is 2.55. The minimum Gasteiger partial charge on any atom is -0.354 e. The highest BCUT2D eigenvalue weighted by Crippen LogP contribution is 2.24. The van der Waals surface area contributed by atoms with Crippen molar-refractivity contribution in [3.8, 4) is 0 Å². The number of rotatable bonds is 3. The van der Waals surface area contributed by atoms with Crippen LogP contribution >= 0.6 is 0 Å². The fraction of sp³-hybridized carbons (Fsp3) is 0.917. The molecule has 2 aliphatic rings.